The van der Waals surface area contributed by atoms with Crippen LogP contribution in [0.3, 0.4) is 0 Å². The first-order valence-corrected chi connectivity index (χ1v) is 20.9. The van der Waals surface area contributed by atoms with Gasteiger partial charge in [0.05, 0.1) is 34.4 Å². The summed E-state index contributed by atoms with van der Waals surface area (Å²) in [6.07, 6.45) is 32.1. The summed E-state index contributed by atoms with van der Waals surface area (Å²) in [6, 6.07) is 0. The van der Waals surface area contributed by atoms with Gasteiger partial charge in [0.25, 0.3) is 7.82 Å². The van der Waals surface area contributed by atoms with E-state index in [0.29, 0.717) is 24.1 Å². The monoisotopic (exact) mass is 690 g/mol. The van der Waals surface area contributed by atoms with Crippen LogP contribution < -0.4 is 4.89 Å². The largest absolute Gasteiger partial charge is 0.756 e. The van der Waals surface area contributed by atoms with E-state index in [-0.39, 0.29) is 25.8 Å². The second-order valence-electron chi connectivity index (χ2n) is 14.3. The lowest BCUT2D eigenvalue weighted by Gasteiger charge is -2.28. The maximum atomic E-state index is 12.6. The van der Waals surface area contributed by atoms with Gasteiger partial charge in [-0.2, -0.15) is 0 Å². The summed E-state index contributed by atoms with van der Waals surface area (Å²) < 4.78 is 34.4. The van der Waals surface area contributed by atoms with E-state index in [1.807, 2.05) is 21.1 Å². The van der Waals surface area contributed by atoms with Gasteiger partial charge in [0.2, 0.25) is 0 Å². The molecule has 0 aliphatic carbocycles. The predicted octanol–water partition coefficient (Wildman–Crippen LogP) is 10.1. The van der Waals surface area contributed by atoms with E-state index < -0.39 is 13.9 Å². The molecule has 0 radical (unpaired) electrons. The van der Waals surface area contributed by atoms with Gasteiger partial charge in [0, 0.05) is 13.0 Å². The number of allylic oxidation sites excluding steroid dienone is 2. The van der Waals surface area contributed by atoms with Crippen molar-refractivity contribution in [3.8, 4) is 0 Å². The maximum absolute atomic E-state index is 12.6. The number of phosphoric acid groups is 1. The molecule has 2 atom stereocenters. The molecule has 0 rings (SSSR count). The number of quaternary nitrogens is 1. The Morgan fingerprint density at radius 1 is 0.638 bits per heavy atom. The number of ether oxygens (including phenoxy) is 2. The first-order chi connectivity index (χ1) is 22.6. The first-order valence-electron chi connectivity index (χ1n) is 19.4. The highest BCUT2D eigenvalue weighted by atomic mass is 31.2. The van der Waals surface area contributed by atoms with Gasteiger partial charge in [-0.05, 0) is 38.5 Å². The highest BCUT2D eigenvalue weighted by molar-refractivity contribution is 7.45. The predicted molar refractivity (Wildman–Crippen MR) is 194 cm³/mol. The van der Waals surface area contributed by atoms with Crippen LogP contribution in [0.25, 0.3) is 0 Å². The highest BCUT2D eigenvalue weighted by Crippen LogP contribution is 2.38. The van der Waals surface area contributed by atoms with E-state index in [9.17, 15) is 14.3 Å². The molecule has 0 aliphatic rings. The standard InChI is InChI=1S/C38H76NO7P/c1-6-8-10-12-14-16-17-18-19-20-21-22-23-25-27-29-31-38(40)46-37(36-45-47(41,42)44-34-32-39(3,4)5)35-43-33-30-28-26-24-15-13-11-9-7-2/h19-20,37H,6-18,21-36H2,1-5H3/b20-19-. The number of hydrogen-bond donors (Lipinski definition) is 0. The Morgan fingerprint density at radius 2 is 1.11 bits per heavy atom. The van der Waals surface area contributed by atoms with Crippen molar-refractivity contribution in [1.82, 2.24) is 0 Å². The number of hydrogen-bond acceptors (Lipinski definition) is 7. The van der Waals surface area contributed by atoms with Crippen LogP contribution in [0.1, 0.15) is 168 Å². The van der Waals surface area contributed by atoms with Gasteiger partial charge >= 0.3 is 5.97 Å². The van der Waals surface area contributed by atoms with Crippen LogP contribution in [0.15, 0.2) is 12.2 Å². The lowest BCUT2D eigenvalue weighted by atomic mass is 10.1. The molecule has 0 aliphatic heterocycles. The minimum atomic E-state index is -4.51. The maximum Gasteiger partial charge on any atom is 0.306 e. The van der Waals surface area contributed by atoms with Gasteiger partial charge in [-0.1, -0.05) is 135 Å². The van der Waals surface area contributed by atoms with Crippen molar-refractivity contribution < 1.29 is 37.3 Å². The average molecular weight is 690 g/mol. The van der Waals surface area contributed by atoms with Crippen LogP contribution in [0.2, 0.25) is 0 Å². The van der Waals surface area contributed by atoms with Gasteiger partial charge in [0.1, 0.15) is 19.3 Å². The Balaban J connectivity index is 4.26. The molecule has 0 aromatic heterocycles. The van der Waals surface area contributed by atoms with Crippen molar-refractivity contribution in [1.29, 1.82) is 0 Å². The van der Waals surface area contributed by atoms with Crippen molar-refractivity contribution in [2.45, 2.75) is 174 Å². The molecule has 0 aromatic rings. The quantitative estimate of drug-likeness (QED) is 0.0212. The zero-order valence-corrected chi connectivity index (χ0v) is 32.4. The third kappa shape index (κ3) is 36.3. The van der Waals surface area contributed by atoms with Gasteiger partial charge in [-0.3, -0.25) is 9.36 Å². The molecule has 0 aromatic carbocycles. The molecule has 0 spiro atoms. The third-order valence-corrected chi connectivity index (χ3v) is 9.28. The van der Waals surface area contributed by atoms with Gasteiger partial charge < -0.3 is 27.9 Å². The fraction of sp³-hybridized carbons (Fsp3) is 0.921. The number of rotatable bonds is 36. The summed E-state index contributed by atoms with van der Waals surface area (Å²) in [5, 5.41) is 0. The van der Waals surface area contributed by atoms with E-state index >= 15 is 0 Å². The molecule has 47 heavy (non-hydrogen) atoms. The smallest absolute Gasteiger partial charge is 0.306 e. The molecular weight excluding hydrogens is 613 g/mol. The van der Waals surface area contributed by atoms with Crippen LogP contribution in [-0.4, -0.2) is 70.7 Å². The number of phosphoric ester groups is 1. The minimum Gasteiger partial charge on any atom is -0.756 e. The average Bonchev–Trinajstić information content (AvgIpc) is 3.01. The Labute approximate surface area is 290 Å². The van der Waals surface area contributed by atoms with Crippen LogP contribution >= 0.6 is 7.82 Å². The summed E-state index contributed by atoms with van der Waals surface area (Å²) in [7, 11) is 1.36. The van der Waals surface area contributed by atoms with Crippen molar-refractivity contribution in [2.75, 3.05) is 54.1 Å². The number of carbonyl (C=O) groups is 1. The normalized spacial score (nSPS) is 14.1. The molecule has 0 heterocycles. The Kier molecular flexibility index (Phi) is 31.9. The SMILES string of the molecule is CCCCCCCCC/C=C\CCCCCCCC(=O)OC(COCCCCCCCCCCC)COP(=O)([O-])OCC[N+](C)(C)C. The number of likely N-dealkylation sites (N-methyl/N-ethyl adjacent to an activating group) is 1. The van der Waals surface area contributed by atoms with Crippen LogP contribution in [0.5, 0.6) is 0 Å². The summed E-state index contributed by atoms with van der Waals surface area (Å²) in [5.74, 6) is -0.342. The molecule has 0 amide bonds. The van der Waals surface area contributed by atoms with Gasteiger partial charge in [0.15, 0.2) is 0 Å². The Bertz CT molecular complexity index is 772. The Hall–Kier alpha value is -0.760. The fourth-order valence-electron chi connectivity index (χ4n) is 5.25. The molecule has 0 saturated carbocycles. The number of carbonyl (C=O) groups excluding carboxylic acids is 1. The molecule has 2 unspecified atom stereocenters. The van der Waals surface area contributed by atoms with E-state index in [2.05, 4.69) is 26.0 Å². The number of esters is 1. The van der Waals surface area contributed by atoms with Crippen molar-refractivity contribution in [2.24, 2.45) is 0 Å². The van der Waals surface area contributed by atoms with E-state index in [1.54, 1.807) is 0 Å². The minimum absolute atomic E-state index is 0.0272. The third-order valence-electron chi connectivity index (χ3n) is 8.32. The van der Waals surface area contributed by atoms with Gasteiger partial charge in [-0.25, -0.2) is 0 Å². The zero-order valence-electron chi connectivity index (χ0n) is 31.5. The molecule has 280 valence electrons. The topological polar surface area (TPSA) is 94.1 Å². The molecule has 8 nitrogen and oxygen atoms in total. The van der Waals surface area contributed by atoms with Crippen LogP contribution in [0, 0.1) is 0 Å². The summed E-state index contributed by atoms with van der Waals surface area (Å²) in [4.78, 5) is 24.9. The van der Waals surface area contributed by atoms with E-state index in [4.69, 9.17) is 18.5 Å². The highest BCUT2D eigenvalue weighted by Gasteiger charge is 2.20. The van der Waals surface area contributed by atoms with Gasteiger partial charge in [-0.15, -0.1) is 0 Å². The lowest BCUT2D eigenvalue weighted by Crippen LogP contribution is -2.37. The van der Waals surface area contributed by atoms with Crippen LogP contribution in [0.4, 0.5) is 0 Å². The van der Waals surface area contributed by atoms with E-state index in [1.165, 1.54) is 103 Å². The zero-order chi connectivity index (χ0) is 34.9. The Morgan fingerprint density at radius 3 is 1.62 bits per heavy atom. The summed E-state index contributed by atoms with van der Waals surface area (Å²) >= 11 is 0. The molecule has 0 N–H and O–H groups in total. The molecule has 0 bridgehead atoms. The summed E-state index contributed by atoms with van der Waals surface area (Å²) in [6.45, 7) is 5.39. The van der Waals surface area contributed by atoms with E-state index in [0.717, 1.165) is 44.9 Å². The summed E-state index contributed by atoms with van der Waals surface area (Å²) in [5.41, 5.74) is 0. The molecule has 0 fully saturated rings. The number of nitrogens with zero attached hydrogens (tertiary/aromatic N) is 1. The second kappa shape index (κ2) is 32.4. The first kappa shape index (κ1) is 46.2. The molecule has 9 heteroatoms. The molecular formula is C38H76NO7P. The number of unbranched alkanes of at least 4 members (excludes halogenated alkanes) is 20. The molecule has 0 saturated heterocycles. The lowest BCUT2D eigenvalue weighted by molar-refractivity contribution is -0.870. The second-order valence-corrected chi connectivity index (χ2v) is 15.7. The van der Waals surface area contributed by atoms with Crippen molar-refractivity contribution in [3.63, 3.8) is 0 Å². The van der Waals surface area contributed by atoms with Crippen molar-refractivity contribution in [3.05, 3.63) is 12.2 Å². The van der Waals surface area contributed by atoms with Crippen molar-refractivity contribution >= 4 is 13.8 Å². The van der Waals surface area contributed by atoms with Crippen LogP contribution in [-0.2, 0) is 27.9 Å². The fourth-order valence-corrected chi connectivity index (χ4v) is 5.97.